The topological polar surface area (TPSA) is 28.7 Å². The highest BCUT2D eigenvalue weighted by Gasteiger charge is 2.05. The zero-order valence-corrected chi connectivity index (χ0v) is 11.3. The minimum Gasteiger partial charge on any atom is -0.333 e. The van der Waals surface area contributed by atoms with Crippen molar-refractivity contribution in [3.8, 4) is 0 Å². The van der Waals surface area contributed by atoms with Crippen LogP contribution in [0.3, 0.4) is 0 Å². The molecule has 3 rings (SSSR count). The summed E-state index contributed by atoms with van der Waals surface area (Å²) in [5.74, 6) is 0. The first-order valence-corrected chi connectivity index (χ1v) is 6.80. The first-order valence-electron chi connectivity index (χ1n) is 5.60. The van der Waals surface area contributed by atoms with Gasteiger partial charge >= 0.3 is 0 Å². The molecule has 18 heavy (non-hydrogen) atoms. The summed E-state index contributed by atoms with van der Waals surface area (Å²) in [5.41, 5.74) is 3.29. The van der Waals surface area contributed by atoms with E-state index >= 15 is 0 Å². The summed E-state index contributed by atoms with van der Waals surface area (Å²) >= 11 is 7.55. The molecule has 0 aliphatic rings. The van der Waals surface area contributed by atoms with Crippen LogP contribution in [0.4, 0.5) is 0 Å². The van der Waals surface area contributed by atoms with Gasteiger partial charge in [-0.1, -0.05) is 35.5 Å². The largest absolute Gasteiger partial charge is 0.333 e. The molecule has 1 N–H and O–H groups in total. The van der Waals surface area contributed by atoms with Gasteiger partial charge in [0.1, 0.15) is 0 Å². The third kappa shape index (κ3) is 2.37. The second kappa shape index (κ2) is 4.67. The third-order valence-corrected chi connectivity index (χ3v) is 3.74. The van der Waals surface area contributed by atoms with E-state index in [1.165, 1.54) is 5.56 Å². The predicted molar refractivity (Wildman–Crippen MR) is 76.4 cm³/mol. The number of benzene rings is 2. The normalized spacial score (nSPS) is 11.0. The summed E-state index contributed by atoms with van der Waals surface area (Å²) in [4.78, 5) is 8.94. The van der Waals surface area contributed by atoms with Gasteiger partial charge in [-0.05, 0) is 42.8 Å². The molecule has 0 fully saturated rings. The van der Waals surface area contributed by atoms with Crippen molar-refractivity contribution in [1.29, 1.82) is 0 Å². The lowest BCUT2D eigenvalue weighted by atomic mass is 10.2. The lowest BCUT2D eigenvalue weighted by molar-refractivity contribution is 1.08. The molecule has 0 amide bonds. The molecule has 0 saturated heterocycles. The Labute approximate surface area is 114 Å². The second-order valence-electron chi connectivity index (χ2n) is 4.12. The van der Waals surface area contributed by atoms with E-state index in [0.29, 0.717) is 0 Å². The standard InChI is InChI=1S/C14H11ClN2S/c1-9-5-6-12-13(7-9)17-14(16-12)18-11-4-2-3-10(15)8-11/h2-8H,1H3,(H,16,17). The molecular formula is C14H11ClN2S. The van der Waals surface area contributed by atoms with Crippen LogP contribution >= 0.6 is 23.4 Å². The van der Waals surface area contributed by atoms with Crippen LogP contribution in [-0.2, 0) is 0 Å². The fourth-order valence-corrected chi connectivity index (χ4v) is 2.91. The average Bonchev–Trinajstić information content (AvgIpc) is 2.70. The van der Waals surface area contributed by atoms with Crippen LogP contribution in [0.1, 0.15) is 5.56 Å². The molecule has 0 radical (unpaired) electrons. The highest BCUT2D eigenvalue weighted by Crippen LogP contribution is 2.28. The van der Waals surface area contributed by atoms with Crippen molar-refractivity contribution in [3.05, 3.63) is 53.1 Å². The summed E-state index contributed by atoms with van der Waals surface area (Å²) in [5, 5.41) is 1.63. The van der Waals surface area contributed by atoms with Crippen LogP contribution in [0.5, 0.6) is 0 Å². The molecule has 2 nitrogen and oxygen atoms in total. The number of nitrogens with one attached hydrogen (secondary N) is 1. The number of hydrogen-bond acceptors (Lipinski definition) is 2. The molecule has 0 saturated carbocycles. The van der Waals surface area contributed by atoms with E-state index in [1.807, 2.05) is 30.3 Å². The molecule has 3 aromatic rings. The van der Waals surface area contributed by atoms with Gasteiger partial charge in [-0.15, -0.1) is 0 Å². The zero-order valence-electron chi connectivity index (χ0n) is 9.77. The average molecular weight is 275 g/mol. The van der Waals surface area contributed by atoms with Gasteiger partial charge < -0.3 is 4.98 Å². The number of imidazole rings is 1. The monoisotopic (exact) mass is 274 g/mol. The first kappa shape index (κ1) is 11.6. The fourth-order valence-electron chi connectivity index (χ4n) is 1.79. The number of H-pyrrole nitrogens is 1. The van der Waals surface area contributed by atoms with Gasteiger partial charge in [-0.25, -0.2) is 4.98 Å². The number of nitrogens with zero attached hydrogens (tertiary/aromatic N) is 1. The molecule has 0 bridgehead atoms. The maximum atomic E-state index is 5.97. The summed E-state index contributed by atoms with van der Waals surface area (Å²) in [7, 11) is 0. The molecule has 4 heteroatoms. The summed E-state index contributed by atoms with van der Waals surface area (Å²) in [6, 6.07) is 14.0. The van der Waals surface area contributed by atoms with Gasteiger partial charge in [0.2, 0.25) is 0 Å². The minimum atomic E-state index is 0.743. The number of hydrogen-bond donors (Lipinski definition) is 1. The Bertz CT molecular complexity index is 706. The molecule has 0 spiro atoms. The van der Waals surface area contributed by atoms with Crippen LogP contribution in [0.15, 0.2) is 52.5 Å². The Morgan fingerprint density at radius 1 is 1.17 bits per heavy atom. The molecule has 90 valence electrons. The van der Waals surface area contributed by atoms with Gasteiger partial charge in [0.05, 0.1) is 11.0 Å². The van der Waals surface area contributed by atoms with Crippen LogP contribution < -0.4 is 0 Å². The maximum absolute atomic E-state index is 5.97. The number of aromatic nitrogens is 2. The van der Waals surface area contributed by atoms with E-state index in [1.54, 1.807) is 11.8 Å². The first-order chi connectivity index (χ1) is 8.70. The van der Waals surface area contributed by atoms with Crippen LogP contribution in [0, 0.1) is 6.92 Å². The quantitative estimate of drug-likeness (QED) is 0.735. The highest BCUT2D eigenvalue weighted by atomic mass is 35.5. The second-order valence-corrected chi connectivity index (χ2v) is 5.62. The van der Waals surface area contributed by atoms with Gasteiger partial charge in [0.25, 0.3) is 0 Å². The number of rotatable bonds is 2. The Kier molecular flexibility index (Phi) is 3.02. The zero-order chi connectivity index (χ0) is 12.5. The van der Waals surface area contributed by atoms with E-state index in [-0.39, 0.29) is 0 Å². The van der Waals surface area contributed by atoms with E-state index in [0.717, 1.165) is 26.1 Å². The van der Waals surface area contributed by atoms with E-state index in [4.69, 9.17) is 11.6 Å². The predicted octanol–water partition coefficient (Wildman–Crippen LogP) is 4.68. The molecule has 2 aromatic carbocycles. The molecule has 0 atom stereocenters. The van der Waals surface area contributed by atoms with Crippen LogP contribution in [0.2, 0.25) is 5.02 Å². The highest BCUT2D eigenvalue weighted by molar-refractivity contribution is 7.99. The summed E-state index contributed by atoms with van der Waals surface area (Å²) < 4.78 is 0. The summed E-state index contributed by atoms with van der Waals surface area (Å²) in [6.45, 7) is 2.07. The molecule has 1 aromatic heterocycles. The number of aromatic amines is 1. The number of fused-ring (bicyclic) bond motifs is 1. The Morgan fingerprint density at radius 3 is 2.89 bits per heavy atom. The van der Waals surface area contributed by atoms with Gasteiger partial charge in [0, 0.05) is 9.92 Å². The Morgan fingerprint density at radius 2 is 2.06 bits per heavy atom. The van der Waals surface area contributed by atoms with E-state index in [9.17, 15) is 0 Å². The van der Waals surface area contributed by atoms with E-state index in [2.05, 4.69) is 29.0 Å². The lowest BCUT2D eigenvalue weighted by Gasteiger charge is -1.97. The van der Waals surface area contributed by atoms with Crippen molar-refractivity contribution >= 4 is 34.4 Å². The van der Waals surface area contributed by atoms with Crippen molar-refractivity contribution in [2.75, 3.05) is 0 Å². The SMILES string of the molecule is Cc1ccc2nc(Sc3cccc(Cl)c3)[nH]c2c1. The third-order valence-electron chi connectivity index (χ3n) is 2.63. The molecular weight excluding hydrogens is 264 g/mol. The van der Waals surface area contributed by atoms with Gasteiger partial charge in [0.15, 0.2) is 5.16 Å². The van der Waals surface area contributed by atoms with Crippen molar-refractivity contribution in [3.63, 3.8) is 0 Å². The minimum absolute atomic E-state index is 0.743. The number of aryl methyl sites for hydroxylation is 1. The summed E-state index contributed by atoms with van der Waals surface area (Å²) in [6.07, 6.45) is 0. The fraction of sp³-hybridized carbons (Fsp3) is 0.0714. The van der Waals surface area contributed by atoms with Crippen LogP contribution in [0.25, 0.3) is 11.0 Å². The molecule has 0 unspecified atom stereocenters. The van der Waals surface area contributed by atoms with Crippen molar-refractivity contribution in [1.82, 2.24) is 9.97 Å². The maximum Gasteiger partial charge on any atom is 0.171 e. The van der Waals surface area contributed by atoms with Crippen molar-refractivity contribution in [2.45, 2.75) is 17.0 Å². The molecule has 0 aliphatic carbocycles. The van der Waals surface area contributed by atoms with Gasteiger partial charge in [-0.3, -0.25) is 0 Å². The number of halogens is 1. The van der Waals surface area contributed by atoms with Crippen molar-refractivity contribution in [2.24, 2.45) is 0 Å². The molecule has 1 heterocycles. The van der Waals surface area contributed by atoms with Crippen molar-refractivity contribution < 1.29 is 0 Å². The lowest BCUT2D eigenvalue weighted by Crippen LogP contribution is -1.75. The van der Waals surface area contributed by atoms with Crippen LogP contribution in [-0.4, -0.2) is 9.97 Å². The Balaban J connectivity index is 1.95. The van der Waals surface area contributed by atoms with Gasteiger partial charge in [-0.2, -0.15) is 0 Å². The van der Waals surface area contributed by atoms with E-state index < -0.39 is 0 Å². The molecule has 0 aliphatic heterocycles. The smallest absolute Gasteiger partial charge is 0.171 e. The Hall–Kier alpha value is -1.45.